The van der Waals surface area contributed by atoms with Gasteiger partial charge < -0.3 is 0 Å². The molecular weight excluding hydrogens is 533 g/mol. The lowest BCUT2D eigenvalue weighted by atomic mass is 10.0. The standard InChI is InChI=1S/C37H22N4S/c1-3-11-23(12-4-1)35-38-36(24-13-5-2-6-14-24)40-37(39-35)41-31-18-10-9-17-27(31)28-21-30-29-19-25-15-7-8-16-26(25)20-33(29)42-34(30)22-32(28)41/h1-22H. The zero-order valence-electron chi connectivity index (χ0n) is 22.4. The molecule has 0 N–H and O–H groups in total. The lowest BCUT2D eigenvalue weighted by Crippen LogP contribution is -2.06. The Morgan fingerprint density at radius 1 is 0.429 bits per heavy atom. The van der Waals surface area contributed by atoms with E-state index >= 15 is 0 Å². The summed E-state index contributed by atoms with van der Waals surface area (Å²) in [5, 5.41) is 7.47. The van der Waals surface area contributed by atoms with E-state index in [1.54, 1.807) is 0 Å². The van der Waals surface area contributed by atoms with E-state index in [0.29, 0.717) is 17.6 Å². The van der Waals surface area contributed by atoms with E-state index in [0.717, 1.165) is 22.2 Å². The van der Waals surface area contributed by atoms with Crippen LogP contribution in [0.3, 0.4) is 0 Å². The Labute approximate surface area is 245 Å². The molecule has 0 atom stereocenters. The van der Waals surface area contributed by atoms with Crippen LogP contribution in [0.1, 0.15) is 0 Å². The van der Waals surface area contributed by atoms with Crippen molar-refractivity contribution in [1.82, 2.24) is 19.5 Å². The van der Waals surface area contributed by atoms with Crippen LogP contribution in [0, 0.1) is 0 Å². The van der Waals surface area contributed by atoms with Gasteiger partial charge in [-0.25, -0.2) is 4.98 Å². The highest BCUT2D eigenvalue weighted by atomic mass is 32.1. The maximum Gasteiger partial charge on any atom is 0.238 e. The molecule has 9 rings (SSSR count). The summed E-state index contributed by atoms with van der Waals surface area (Å²) in [6.07, 6.45) is 0. The molecule has 3 aromatic heterocycles. The Morgan fingerprint density at radius 3 is 1.71 bits per heavy atom. The molecule has 3 heterocycles. The maximum atomic E-state index is 5.08. The van der Waals surface area contributed by atoms with Gasteiger partial charge >= 0.3 is 0 Å². The number of thiophene rings is 1. The molecular formula is C37H22N4S. The molecule has 0 spiro atoms. The lowest BCUT2D eigenvalue weighted by molar-refractivity contribution is 0.954. The minimum Gasteiger partial charge on any atom is -0.278 e. The summed E-state index contributed by atoms with van der Waals surface area (Å²) in [5.74, 6) is 1.92. The van der Waals surface area contributed by atoms with Crippen LogP contribution in [0.25, 0.3) is 81.5 Å². The fourth-order valence-corrected chi connectivity index (χ4v) is 7.19. The van der Waals surface area contributed by atoms with Gasteiger partial charge in [-0.2, -0.15) is 9.97 Å². The molecule has 0 aliphatic carbocycles. The largest absolute Gasteiger partial charge is 0.278 e. The van der Waals surface area contributed by atoms with Crippen LogP contribution in [-0.2, 0) is 0 Å². The third kappa shape index (κ3) is 3.57. The monoisotopic (exact) mass is 554 g/mol. The van der Waals surface area contributed by atoms with Gasteiger partial charge in [0.25, 0.3) is 0 Å². The van der Waals surface area contributed by atoms with Crippen molar-refractivity contribution < 1.29 is 0 Å². The van der Waals surface area contributed by atoms with Gasteiger partial charge in [-0.3, -0.25) is 4.57 Å². The molecule has 0 saturated heterocycles. The van der Waals surface area contributed by atoms with E-state index in [4.69, 9.17) is 15.0 Å². The van der Waals surface area contributed by atoms with Gasteiger partial charge in [0.2, 0.25) is 5.95 Å². The normalized spacial score (nSPS) is 11.8. The van der Waals surface area contributed by atoms with Crippen molar-refractivity contribution in [3.05, 3.63) is 133 Å². The summed E-state index contributed by atoms with van der Waals surface area (Å²) >= 11 is 1.84. The van der Waals surface area contributed by atoms with Crippen molar-refractivity contribution >= 4 is 64.1 Å². The van der Waals surface area contributed by atoms with Crippen molar-refractivity contribution in [3.8, 4) is 28.7 Å². The first-order chi connectivity index (χ1) is 20.8. The molecule has 6 aromatic carbocycles. The van der Waals surface area contributed by atoms with Crippen LogP contribution < -0.4 is 0 Å². The number of benzene rings is 6. The molecule has 0 bridgehead atoms. The Kier molecular flexibility index (Phi) is 5.03. The minimum atomic E-state index is 0.611. The van der Waals surface area contributed by atoms with Crippen LogP contribution in [0.4, 0.5) is 0 Å². The van der Waals surface area contributed by atoms with Crippen LogP contribution in [-0.4, -0.2) is 19.5 Å². The topological polar surface area (TPSA) is 43.6 Å². The molecule has 0 aliphatic rings. The number of hydrogen-bond acceptors (Lipinski definition) is 4. The smallest absolute Gasteiger partial charge is 0.238 e. The highest BCUT2D eigenvalue weighted by Gasteiger charge is 2.19. The molecule has 0 fully saturated rings. The second-order valence-corrected chi connectivity index (χ2v) is 11.6. The first kappa shape index (κ1) is 23.3. The van der Waals surface area contributed by atoms with Gasteiger partial charge in [0.1, 0.15) is 0 Å². The molecule has 0 amide bonds. The summed E-state index contributed by atoms with van der Waals surface area (Å²) in [6, 6.07) is 46.7. The second-order valence-electron chi connectivity index (χ2n) is 10.5. The third-order valence-electron chi connectivity index (χ3n) is 8.02. The molecule has 0 aliphatic heterocycles. The molecule has 42 heavy (non-hydrogen) atoms. The SMILES string of the molecule is c1ccc(-c2nc(-c3ccccc3)nc(-n3c4ccccc4c4cc5c(cc43)sc3cc4ccccc4cc35)n2)cc1. The average molecular weight is 555 g/mol. The maximum absolute atomic E-state index is 5.08. The first-order valence-electron chi connectivity index (χ1n) is 14.0. The Hall–Kier alpha value is -5.39. The molecule has 5 heteroatoms. The van der Waals surface area contributed by atoms with Crippen molar-refractivity contribution in [2.24, 2.45) is 0 Å². The van der Waals surface area contributed by atoms with Gasteiger partial charge in [-0.15, -0.1) is 11.3 Å². The molecule has 4 nitrogen and oxygen atoms in total. The molecule has 9 aromatic rings. The van der Waals surface area contributed by atoms with Crippen LogP contribution >= 0.6 is 11.3 Å². The van der Waals surface area contributed by atoms with Gasteiger partial charge in [-0.05, 0) is 41.1 Å². The number of fused-ring (bicyclic) bond motifs is 7. The van der Waals surface area contributed by atoms with E-state index in [1.165, 1.54) is 41.7 Å². The van der Waals surface area contributed by atoms with Gasteiger partial charge in [-0.1, -0.05) is 103 Å². The third-order valence-corrected chi connectivity index (χ3v) is 9.13. The number of nitrogens with zero attached hydrogens (tertiary/aromatic N) is 4. The van der Waals surface area contributed by atoms with Gasteiger partial charge in [0.15, 0.2) is 11.6 Å². The average Bonchev–Trinajstić information content (AvgIpc) is 3.57. The van der Waals surface area contributed by atoms with Gasteiger partial charge in [0, 0.05) is 42.1 Å². The number of hydrogen-bond donors (Lipinski definition) is 0. The Bertz CT molecular complexity index is 2400. The number of para-hydroxylation sites is 1. The Morgan fingerprint density at radius 2 is 1.00 bits per heavy atom. The number of rotatable bonds is 3. The minimum absolute atomic E-state index is 0.611. The van der Waals surface area contributed by atoms with E-state index in [1.807, 2.05) is 72.0 Å². The van der Waals surface area contributed by atoms with Crippen molar-refractivity contribution in [2.75, 3.05) is 0 Å². The van der Waals surface area contributed by atoms with Crippen molar-refractivity contribution in [2.45, 2.75) is 0 Å². The summed E-state index contributed by atoms with van der Waals surface area (Å²) in [4.78, 5) is 15.1. The molecule has 0 unspecified atom stereocenters. The van der Waals surface area contributed by atoms with E-state index in [2.05, 4.69) is 77.4 Å². The fraction of sp³-hybridized carbons (Fsp3) is 0. The van der Waals surface area contributed by atoms with Crippen LogP contribution in [0.5, 0.6) is 0 Å². The summed E-state index contributed by atoms with van der Waals surface area (Å²) in [5.41, 5.74) is 4.07. The first-order valence-corrected chi connectivity index (χ1v) is 14.8. The highest BCUT2D eigenvalue weighted by molar-refractivity contribution is 7.26. The fourth-order valence-electron chi connectivity index (χ4n) is 6.04. The van der Waals surface area contributed by atoms with Crippen LogP contribution in [0.2, 0.25) is 0 Å². The predicted octanol–water partition coefficient (Wildman–Crippen LogP) is 9.82. The van der Waals surface area contributed by atoms with Crippen molar-refractivity contribution in [1.29, 1.82) is 0 Å². The van der Waals surface area contributed by atoms with Crippen molar-refractivity contribution in [3.63, 3.8) is 0 Å². The predicted molar refractivity (Wildman–Crippen MR) is 175 cm³/mol. The molecule has 196 valence electrons. The number of aromatic nitrogens is 4. The zero-order valence-corrected chi connectivity index (χ0v) is 23.2. The summed E-state index contributed by atoms with van der Waals surface area (Å²) in [7, 11) is 0. The Balaban J connectivity index is 1.37. The van der Waals surface area contributed by atoms with E-state index < -0.39 is 0 Å². The highest BCUT2D eigenvalue weighted by Crippen LogP contribution is 2.41. The zero-order chi connectivity index (χ0) is 27.6. The summed E-state index contributed by atoms with van der Waals surface area (Å²) in [6.45, 7) is 0. The lowest BCUT2D eigenvalue weighted by Gasteiger charge is -2.10. The second kappa shape index (κ2) is 9.06. The quantitative estimate of drug-likeness (QED) is 0.218. The molecule has 0 saturated carbocycles. The van der Waals surface area contributed by atoms with E-state index in [-0.39, 0.29) is 0 Å². The summed E-state index contributed by atoms with van der Waals surface area (Å²) < 4.78 is 4.74. The van der Waals surface area contributed by atoms with Gasteiger partial charge in [0.05, 0.1) is 11.0 Å². The molecule has 0 radical (unpaired) electrons. The van der Waals surface area contributed by atoms with E-state index in [9.17, 15) is 0 Å². The van der Waals surface area contributed by atoms with Crippen LogP contribution in [0.15, 0.2) is 133 Å².